The molecule has 0 aromatic carbocycles. The van der Waals surface area contributed by atoms with Crippen LogP contribution in [0.5, 0.6) is 0 Å². The van der Waals surface area contributed by atoms with Gasteiger partial charge in [-0.05, 0) is 20.8 Å². The summed E-state index contributed by atoms with van der Waals surface area (Å²) in [7, 11) is 3.55. The first kappa shape index (κ1) is 11.3. The van der Waals surface area contributed by atoms with Gasteiger partial charge < -0.3 is 14.5 Å². The molecule has 1 rings (SSSR count). The third-order valence-corrected chi connectivity index (χ3v) is 2.50. The van der Waals surface area contributed by atoms with Gasteiger partial charge in [0.25, 0.3) is 0 Å². The van der Waals surface area contributed by atoms with Crippen LogP contribution in [0.4, 0.5) is 4.79 Å². The zero-order valence-electron chi connectivity index (χ0n) is 9.70. The maximum atomic E-state index is 11.9. The molecule has 0 aliphatic carbocycles. The van der Waals surface area contributed by atoms with Crippen LogP contribution in [0.2, 0.25) is 0 Å². The summed E-state index contributed by atoms with van der Waals surface area (Å²) in [4.78, 5) is 15.3. The van der Waals surface area contributed by atoms with Gasteiger partial charge in [-0.25, -0.2) is 4.79 Å². The third-order valence-electron chi connectivity index (χ3n) is 2.50. The smallest absolute Gasteiger partial charge is 0.320 e. The number of morpholine rings is 1. The van der Waals surface area contributed by atoms with Crippen LogP contribution < -0.4 is 0 Å². The molecule has 1 heterocycles. The number of hydrogen-bond donors (Lipinski definition) is 0. The molecule has 0 radical (unpaired) electrons. The minimum Gasteiger partial charge on any atom is -0.374 e. The van der Waals surface area contributed by atoms with Gasteiger partial charge in [0.05, 0.1) is 18.2 Å². The lowest BCUT2D eigenvalue weighted by molar-refractivity contribution is -0.0742. The number of carbonyl (C=O) groups is 1. The van der Waals surface area contributed by atoms with Crippen molar-refractivity contribution in [3.63, 3.8) is 0 Å². The summed E-state index contributed by atoms with van der Waals surface area (Å²) in [5, 5.41) is 0. The zero-order valence-corrected chi connectivity index (χ0v) is 9.70. The lowest BCUT2D eigenvalue weighted by atomic mass is 10.0. The van der Waals surface area contributed by atoms with E-state index < -0.39 is 0 Å². The molecule has 1 aliphatic rings. The van der Waals surface area contributed by atoms with Crippen molar-refractivity contribution in [3.05, 3.63) is 0 Å². The molecule has 0 saturated carbocycles. The molecule has 4 nitrogen and oxygen atoms in total. The summed E-state index contributed by atoms with van der Waals surface area (Å²) in [6.45, 7) is 7.32. The molecule has 0 spiro atoms. The molecule has 0 bridgehead atoms. The molecular weight excluding hydrogens is 180 g/mol. The maximum Gasteiger partial charge on any atom is 0.320 e. The summed E-state index contributed by atoms with van der Waals surface area (Å²) in [6, 6.07) is 0.0603. The zero-order chi connectivity index (χ0) is 10.9. The average molecular weight is 200 g/mol. The summed E-state index contributed by atoms with van der Waals surface area (Å²) >= 11 is 0. The van der Waals surface area contributed by atoms with Gasteiger partial charge in [-0.15, -0.1) is 0 Å². The molecule has 0 N–H and O–H groups in total. The first-order valence-electron chi connectivity index (χ1n) is 4.95. The lowest BCUT2D eigenvalue weighted by Gasteiger charge is -2.45. The van der Waals surface area contributed by atoms with E-state index in [1.165, 1.54) is 0 Å². The van der Waals surface area contributed by atoms with Crippen LogP contribution in [0, 0.1) is 0 Å². The fourth-order valence-corrected chi connectivity index (χ4v) is 1.56. The molecule has 82 valence electrons. The van der Waals surface area contributed by atoms with E-state index in [4.69, 9.17) is 4.74 Å². The van der Waals surface area contributed by atoms with Crippen molar-refractivity contribution >= 4 is 6.03 Å². The predicted octanol–water partition coefficient (Wildman–Crippen LogP) is 1.17. The van der Waals surface area contributed by atoms with Crippen LogP contribution >= 0.6 is 0 Å². The van der Waals surface area contributed by atoms with Crippen LogP contribution in [0.15, 0.2) is 0 Å². The maximum absolute atomic E-state index is 11.9. The number of amides is 2. The van der Waals surface area contributed by atoms with E-state index in [0.717, 1.165) is 0 Å². The Balaban J connectivity index is 2.77. The Morgan fingerprint density at radius 1 is 1.50 bits per heavy atom. The second-order valence-electron chi connectivity index (χ2n) is 4.72. The summed E-state index contributed by atoms with van der Waals surface area (Å²) in [6.07, 6.45) is 0.131. The van der Waals surface area contributed by atoms with Crippen LogP contribution in [-0.4, -0.2) is 54.7 Å². The highest BCUT2D eigenvalue weighted by Crippen LogP contribution is 2.22. The van der Waals surface area contributed by atoms with Crippen molar-refractivity contribution in [2.45, 2.75) is 32.4 Å². The van der Waals surface area contributed by atoms with Crippen LogP contribution in [0.25, 0.3) is 0 Å². The van der Waals surface area contributed by atoms with Crippen molar-refractivity contribution in [1.29, 1.82) is 0 Å². The molecule has 0 aromatic heterocycles. The van der Waals surface area contributed by atoms with E-state index >= 15 is 0 Å². The van der Waals surface area contributed by atoms with Crippen LogP contribution in [-0.2, 0) is 4.74 Å². The summed E-state index contributed by atoms with van der Waals surface area (Å²) in [5.74, 6) is 0. The Bertz CT molecular complexity index is 226. The van der Waals surface area contributed by atoms with Gasteiger partial charge in [-0.3, -0.25) is 0 Å². The quantitative estimate of drug-likeness (QED) is 0.588. The Labute approximate surface area is 85.8 Å². The fraction of sp³-hybridized carbons (Fsp3) is 0.900. The van der Waals surface area contributed by atoms with Gasteiger partial charge in [0.15, 0.2) is 0 Å². The Hall–Kier alpha value is -0.770. The second kappa shape index (κ2) is 3.77. The molecule has 1 atom stereocenters. The lowest BCUT2D eigenvalue weighted by Crippen LogP contribution is -2.60. The van der Waals surface area contributed by atoms with Crippen molar-refractivity contribution in [3.8, 4) is 0 Å². The first-order valence-corrected chi connectivity index (χ1v) is 4.95. The van der Waals surface area contributed by atoms with Crippen molar-refractivity contribution in [2.75, 3.05) is 27.2 Å². The number of urea groups is 1. The molecule has 14 heavy (non-hydrogen) atoms. The number of nitrogens with zero attached hydrogens (tertiary/aromatic N) is 2. The SMILES string of the molecule is C[C@@H]1CN(C(=O)N(C)C)C(C)(C)CO1. The number of ether oxygens (including phenoxy) is 1. The summed E-state index contributed by atoms with van der Waals surface area (Å²) in [5.41, 5.74) is -0.201. The van der Waals surface area contributed by atoms with Gasteiger partial charge in [0.1, 0.15) is 0 Å². The molecule has 1 aliphatic heterocycles. The summed E-state index contributed by atoms with van der Waals surface area (Å²) < 4.78 is 5.54. The standard InChI is InChI=1S/C10H20N2O2/c1-8-6-12(9(13)11(4)5)10(2,3)7-14-8/h8H,6-7H2,1-5H3/t8-/m1/s1. The van der Waals surface area contributed by atoms with Crippen LogP contribution in [0.3, 0.4) is 0 Å². The van der Waals surface area contributed by atoms with E-state index in [1.54, 1.807) is 19.0 Å². The van der Waals surface area contributed by atoms with Gasteiger partial charge in [-0.1, -0.05) is 0 Å². The monoisotopic (exact) mass is 200 g/mol. The van der Waals surface area contributed by atoms with Crippen LogP contribution in [0.1, 0.15) is 20.8 Å². The van der Waals surface area contributed by atoms with E-state index in [0.29, 0.717) is 13.2 Å². The highest BCUT2D eigenvalue weighted by atomic mass is 16.5. The highest BCUT2D eigenvalue weighted by Gasteiger charge is 2.37. The predicted molar refractivity (Wildman–Crippen MR) is 55.3 cm³/mol. The van der Waals surface area contributed by atoms with E-state index in [9.17, 15) is 4.79 Å². The molecular formula is C10H20N2O2. The van der Waals surface area contributed by atoms with Crippen molar-refractivity contribution in [1.82, 2.24) is 9.80 Å². The molecule has 0 unspecified atom stereocenters. The van der Waals surface area contributed by atoms with Gasteiger partial charge in [0.2, 0.25) is 0 Å². The van der Waals surface area contributed by atoms with Crippen molar-refractivity contribution in [2.24, 2.45) is 0 Å². The average Bonchev–Trinajstić information content (AvgIpc) is 2.08. The molecule has 4 heteroatoms. The van der Waals surface area contributed by atoms with Crippen molar-refractivity contribution < 1.29 is 9.53 Å². The molecule has 1 saturated heterocycles. The first-order chi connectivity index (χ1) is 6.34. The number of rotatable bonds is 0. The third kappa shape index (κ3) is 2.18. The minimum absolute atomic E-state index is 0.0603. The minimum atomic E-state index is -0.201. The molecule has 0 aromatic rings. The molecule has 1 fully saturated rings. The topological polar surface area (TPSA) is 32.8 Å². The molecule has 2 amide bonds. The van der Waals surface area contributed by atoms with E-state index in [1.807, 2.05) is 25.7 Å². The Morgan fingerprint density at radius 3 is 2.57 bits per heavy atom. The largest absolute Gasteiger partial charge is 0.374 e. The fourth-order valence-electron chi connectivity index (χ4n) is 1.56. The number of hydrogen-bond acceptors (Lipinski definition) is 2. The van der Waals surface area contributed by atoms with E-state index in [2.05, 4.69) is 0 Å². The van der Waals surface area contributed by atoms with E-state index in [-0.39, 0.29) is 17.7 Å². The Kier molecular flexibility index (Phi) is 3.04. The van der Waals surface area contributed by atoms with Gasteiger partial charge >= 0.3 is 6.03 Å². The Morgan fingerprint density at radius 2 is 2.07 bits per heavy atom. The van der Waals surface area contributed by atoms with Gasteiger partial charge in [-0.2, -0.15) is 0 Å². The normalized spacial score (nSPS) is 26.1. The highest BCUT2D eigenvalue weighted by molar-refractivity contribution is 5.74. The second-order valence-corrected chi connectivity index (χ2v) is 4.72. The van der Waals surface area contributed by atoms with Gasteiger partial charge in [0, 0.05) is 20.6 Å². The number of carbonyl (C=O) groups excluding carboxylic acids is 1.